The molecule has 0 fully saturated rings. The van der Waals surface area contributed by atoms with Crippen LogP contribution in [0.4, 0.5) is 17.6 Å². The van der Waals surface area contributed by atoms with E-state index in [2.05, 4.69) is 0 Å². The Morgan fingerprint density at radius 1 is 0.800 bits per heavy atom. The second-order valence-electron chi connectivity index (χ2n) is 7.11. The first kappa shape index (κ1) is 19.8. The Morgan fingerprint density at radius 3 is 1.76 bits per heavy atom. The molecular formula is C20H22F4S. The molecular weight excluding hydrogens is 348 g/mol. The predicted molar refractivity (Wildman–Crippen MR) is 95.2 cm³/mol. The lowest BCUT2D eigenvalue weighted by Gasteiger charge is -2.20. The SMILES string of the molecule is CSc1c(F)cc(CCCc2c(F)cc(C(C)(C)C)cc2F)cc1F. The molecule has 25 heavy (non-hydrogen) atoms. The molecule has 0 atom stereocenters. The number of rotatable bonds is 5. The van der Waals surface area contributed by atoms with Crippen LogP contribution in [0.1, 0.15) is 43.9 Å². The van der Waals surface area contributed by atoms with E-state index in [1.54, 1.807) is 6.26 Å². The van der Waals surface area contributed by atoms with Crippen molar-refractivity contribution in [2.75, 3.05) is 6.26 Å². The summed E-state index contributed by atoms with van der Waals surface area (Å²) in [5.41, 5.74) is 0.770. The average Bonchev–Trinajstić information content (AvgIpc) is 2.48. The molecule has 0 spiro atoms. The van der Waals surface area contributed by atoms with Crippen LogP contribution in [0.5, 0.6) is 0 Å². The van der Waals surface area contributed by atoms with E-state index in [4.69, 9.17) is 0 Å². The lowest BCUT2D eigenvalue weighted by molar-refractivity contribution is 0.522. The number of hydrogen-bond donors (Lipinski definition) is 0. The molecule has 0 aliphatic rings. The van der Waals surface area contributed by atoms with Crippen LogP contribution < -0.4 is 0 Å². The highest BCUT2D eigenvalue weighted by atomic mass is 32.2. The minimum Gasteiger partial charge on any atom is -0.207 e. The Bertz CT molecular complexity index is 717. The molecule has 0 heterocycles. The lowest BCUT2D eigenvalue weighted by atomic mass is 9.86. The highest BCUT2D eigenvalue weighted by Gasteiger charge is 2.19. The minimum absolute atomic E-state index is 0.0152. The molecule has 0 bridgehead atoms. The molecule has 0 radical (unpaired) electrons. The van der Waals surface area contributed by atoms with Gasteiger partial charge in [-0.3, -0.25) is 0 Å². The molecule has 0 N–H and O–H groups in total. The van der Waals surface area contributed by atoms with Crippen molar-refractivity contribution < 1.29 is 17.6 Å². The summed E-state index contributed by atoms with van der Waals surface area (Å²) in [5.74, 6) is -2.34. The van der Waals surface area contributed by atoms with Gasteiger partial charge in [0.1, 0.15) is 23.3 Å². The van der Waals surface area contributed by atoms with Crippen LogP contribution in [-0.2, 0) is 18.3 Å². The van der Waals surface area contributed by atoms with Gasteiger partial charge in [-0.25, -0.2) is 17.6 Å². The van der Waals surface area contributed by atoms with E-state index in [0.29, 0.717) is 24.0 Å². The smallest absolute Gasteiger partial charge is 0.139 e. The van der Waals surface area contributed by atoms with Crippen LogP contribution in [0.2, 0.25) is 0 Å². The van der Waals surface area contributed by atoms with Gasteiger partial charge in [-0.05, 0) is 66.3 Å². The fourth-order valence-electron chi connectivity index (χ4n) is 2.70. The summed E-state index contributed by atoms with van der Waals surface area (Å²) in [6, 6.07) is 5.30. The maximum absolute atomic E-state index is 14.2. The highest BCUT2D eigenvalue weighted by molar-refractivity contribution is 7.98. The largest absolute Gasteiger partial charge is 0.207 e. The minimum atomic E-state index is -0.602. The zero-order valence-corrected chi connectivity index (χ0v) is 15.7. The lowest BCUT2D eigenvalue weighted by Crippen LogP contribution is -2.13. The molecule has 5 heteroatoms. The molecule has 0 unspecified atom stereocenters. The first-order valence-corrected chi connectivity index (χ1v) is 9.36. The molecule has 0 aliphatic carbocycles. The van der Waals surface area contributed by atoms with E-state index < -0.39 is 23.3 Å². The zero-order valence-electron chi connectivity index (χ0n) is 14.9. The molecule has 2 aromatic rings. The van der Waals surface area contributed by atoms with Crippen molar-refractivity contribution in [2.45, 2.75) is 50.3 Å². The number of thioether (sulfide) groups is 1. The van der Waals surface area contributed by atoms with Crippen LogP contribution in [-0.4, -0.2) is 6.26 Å². The summed E-state index contributed by atoms with van der Waals surface area (Å²) in [5, 5.41) is 0. The summed E-state index contributed by atoms with van der Waals surface area (Å²) >= 11 is 1.01. The van der Waals surface area contributed by atoms with Crippen molar-refractivity contribution >= 4 is 11.8 Å². The maximum Gasteiger partial charge on any atom is 0.139 e. The van der Waals surface area contributed by atoms with Gasteiger partial charge in [0.15, 0.2) is 0 Å². The quantitative estimate of drug-likeness (QED) is 0.431. The molecule has 0 aromatic heterocycles. The van der Waals surface area contributed by atoms with E-state index in [0.717, 1.165) is 11.8 Å². The van der Waals surface area contributed by atoms with Crippen molar-refractivity contribution in [1.29, 1.82) is 0 Å². The van der Waals surface area contributed by atoms with Crippen molar-refractivity contribution in [3.8, 4) is 0 Å². The van der Waals surface area contributed by atoms with Crippen molar-refractivity contribution in [3.63, 3.8) is 0 Å². The first-order valence-electron chi connectivity index (χ1n) is 8.13. The monoisotopic (exact) mass is 370 g/mol. The Labute approximate surface area is 150 Å². The predicted octanol–water partition coefficient (Wildman–Crippen LogP) is 6.44. The van der Waals surface area contributed by atoms with E-state index in [1.165, 1.54) is 24.3 Å². The third kappa shape index (κ3) is 4.78. The van der Waals surface area contributed by atoms with Crippen LogP contribution in [0.15, 0.2) is 29.2 Å². The molecule has 0 saturated heterocycles. The molecule has 0 saturated carbocycles. The molecule has 0 aliphatic heterocycles. The Kier molecular flexibility index (Phi) is 6.20. The molecule has 0 nitrogen and oxygen atoms in total. The Hall–Kier alpha value is -1.49. The fraction of sp³-hybridized carbons (Fsp3) is 0.400. The summed E-state index contributed by atoms with van der Waals surface area (Å²) in [6.45, 7) is 5.67. The number of aryl methyl sites for hydroxylation is 1. The Balaban J connectivity index is 2.10. The van der Waals surface area contributed by atoms with Crippen LogP contribution in [0.3, 0.4) is 0 Å². The van der Waals surface area contributed by atoms with E-state index >= 15 is 0 Å². The average molecular weight is 370 g/mol. The summed E-state index contributed by atoms with van der Waals surface area (Å²) < 4.78 is 56.0. The fourth-order valence-corrected chi connectivity index (χ4v) is 3.20. The van der Waals surface area contributed by atoms with Gasteiger partial charge in [0.05, 0.1) is 4.90 Å². The van der Waals surface area contributed by atoms with Gasteiger partial charge in [-0.2, -0.15) is 0 Å². The van der Waals surface area contributed by atoms with Crippen molar-refractivity contribution in [3.05, 3.63) is 64.2 Å². The first-order chi connectivity index (χ1) is 11.6. The van der Waals surface area contributed by atoms with Gasteiger partial charge in [0.25, 0.3) is 0 Å². The van der Waals surface area contributed by atoms with Crippen LogP contribution >= 0.6 is 11.8 Å². The summed E-state index contributed by atoms with van der Waals surface area (Å²) in [7, 11) is 0. The third-order valence-corrected chi connectivity index (χ3v) is 4.96. The van der Waals surface area contributed by atoms with Gasteiger partial charge in [0.2, 0.25) is 0 Å². The van der Waals surface area contributed by atoms with Gasteiger partial charge in [-0.15, -0.1) is 11.8 Å². The van der Waals surface area contributed by atoms with Gasteiger partial charge in [-0.1, -0.05) is 20.8 Å². The molecule has 136 valence electrons. The second kappa shape index (κ2) is 7.81. The van der Waals surface area contributed by atoms with E-state index in [-0.39, 0.29) is 22.3 Å². The number of halogens is 4. The molecule has 2 aromatic carbocycles. The van der Waals surface area contributed by atoms with Crippen molar-refractivity contribution in [2.24, 2.45) is 0 Å². The standard InChI is InChI=1S/C20H22F4S/c1-20(2,3)13-10-15(21)14(16(22)11-13)7-5-6-12-8-17(23)19(25-4)18(24)9-12/h8-11H,5-7H2,1-4H3. The highest BCUT2D eigenvalue weighted by Crippen LogP contribution is 2.28. The van der Waals surface area contributed by atoms with Gasteiger partial charge < -0.3 is 0 Å². The van der Waals surface area contributed by atoms with E-state index in [1.807, 2.05) is 20.8 Å². The molecule has 2 rings (SSSR count). The number of hydrogen-bond acceptors (Lipinski definition) is 1. The Morgan fingerprint density at radius 2 is 1.32 bits per heavy atom. The zero-order chi connectivity index (χ0) is 18.8. The van der Waals surface area contributed by atoms with Crippen LogP contribution in [0, 0.1) is 23.3 Å². The van der Waals surface area contributed by atoms with Crippen molar-refractivity contribution in [1.82, 2.24) is 0 Å². The normalized spacial score (nSPS) is 11.8. The van der Waals surface area contributed by atoms with Gasteiger partial charge >= 0.3 is 0 Å². The molecule has 0 amide bonds. The third-order valence-electron chi connectivity index (χ3n) is 4.16. The summed E-state index contributed by atoms with van der Waals surface area (Å²) in [4.78, 5) is -0.0152. The van der Waals surface area contributed by atoms with E-state index in [9.17, 15) is 17.6 Å². The topological polar surface area (TPSA) is 0 Å². The number of benzene rings is 2. The summed E-state index contributed by atoms with van der Waals surface area (Å²) in [6.07, 6.45) is 2.53. The second-order valence-corrected chi connectivity index (χ2v) is 7.93. The maximum atomic E-state index is 14.2. The van der Waals surface area contributed by atoms with Crippen LogP contribution in [0.25, 0.3) is 0 Å². The van der Waals surface area contributed by atoms with Gasteiger partial charge in [0, 0.05) is 5.56 Å².